The highest BCUT2D eigenvalue weighted by atomic mass is 35.5. The van der Waals surface area contributed by atoms with Gasteiger partial charge < -0.3 is 9.84 Å². The topological polar surface area (TPSA) is 63.6 Å². The number of rotatable bonds is 6. The maximum Gasteiger partial charge on any atom is 0.307 e. The number of aliphatic carboxylic acids is 1. The van der Waals surface area contributed by atoms with E-state index in [2.05, 4.69) is 13.8 Å². The lowest BCUT2D eigenvalue weighted by Crippen LogP contribution is -2.51. The van der Waals surface area contributed by atoms with E-state index in [1.54, 1.807) is 0 Å². The Morgan fingerprint density at radius 1 is 1.29 bits per heavy atom. The van der Waals surface area contributed by atoms with Gasteiger partial charge in [-0.25, -0.2) is 4.39 Å². The molecule has 4 saturated carbocycles. The van der Waals surface area contributed by atoms with E-state index in [1.807, 2.05) is 0 Å². The molecule has 4 aliphatic rings. The summed E-state index contributed by atoms with van der Waals surface area (Å²) in [4.78, 5) is 11.4. The Kier molecular flexibility index (Phi) is 6.69. The minimum Gasteiger partial charge on any atom is -0.491 e. The maximum absolute atomic E-state index is 14.9. The van der Waals surface area contributed by atoms with Crippen molar-refractivity contribution in [3.05, 3.63) is 23.0 Å². The lowest BCUT2D eigenvalue weighted by molar-refractivity contribution is -0.141. The largest absolute Gasteiger partial charge is 0.491 e. The van der Waals surface area contributed by atoms with Crippen molar-refractivity contribution >= 4 is 28.4 Å². The predicted octanol–water partition coefficient (Wildman–Crippen LogP) is 6.07. The fraction of sp³-hybridized carbons (Fsp3) is 0.708. The van der Waals surface area contributed by atoms with E-state index in [0.717, 1.165) is 24.7 Å². The molecule has 7 atom stereocenters. The molecule has 0 radical (unpaired) electrons. The van der Waals surface area contributed by atoms with Crippen LogP contribution in [0, 0.1) is 34.9 Å². The van der Waals surface area contributed by atoms with Crippen molar-refractivity contribution in [3.8, 4) is 5.75 Å². The van der Waals surface area contributed by atoms with Crippen molar-refractivity contribution < 1.29 is 23.2 Å². The summed E-state index contributed by atoms with van der Waals surface area (Å²) in [5.41, 5.74) is 0.130. The van der Waals surface area contributed by atoms with Crippen LogP contribution in [0.1, 0.15) is 65.2 Å². The quantitative estimate of drug-likeness (QED) is 0.547. The van der Waals surface area contributed by atoms with Crippen LogP contribution in [-0.2, 0) is 15.6 Å². The molecule has 4 nitrogen and oxygen atoms in total. The van der Waals surface area contributed by atoms with E-state index in [-0.39, 0.29) is 21.1 Å². The number of fused-ring (bicyclic) bond motifs is 4. The second-order valence-electron chi connectivity index (χ2n) is 10.1. The molecule has 31 heavy (non-hydrogen) atoms. The normalized spacial score (nSPS) is 36.2. The second kappa shape index (κ2) is 9.01. The van der Waals surface area contributed by atoms with Crippen LogP contribution in [0.25, 0.3) is 0 Å². The van der Waals surface area contributed by atoms with Gasteiger partial charge in [0.15, 0.2) is 0 Å². The number of hydrogen-bond donors (Lipinski definition) is 1. The van der Waals surface area contributed by atoms with E-state index < -0.39 is 33.8 Å². The molecule has 172 valence electrons. The average molecular weight is 471 g/mol. The molecular formula is C24H32ClFO4S. The third kappa shape index (κ3) is 4.39. The molecule has 0 amide bonds. The molecule has 0 spiro atoms. The first kappa shape index (κ1) is 23.0. The molecule has 0 heterocycles. The maximum atomic E-state index is 14.9. The van der Waals surface area contributed by atoms with Gasteiger partial charge in [-0.1, -0.05) is 44.7 Å². The summed E-state index contributed by atoms with van der Waals surface area (Å²) in [5.74, 6) is 0.0701. The van der Waals surface area contributed by atoms with Crippen molar-refractivity contribution in [2.75, 3.05) is 6.61 Å². The van der Waals surface area contributed by atoms with E-state index in [1.165, 1.54) is 31.4 Å². The smallest absolute Gasteiger partial charge is 0.307 e. The van der Waals surface area contributed by atoms with Gasteiger partial charge in [-0.2, -0.15) is 0 Å². The third-order valence-corrected chi connectivity index (χ3v) is 10.3. The Morgan fingerprint density at radius 3 is 2.77 bits per heavy atom. The van der Waals surface area contributed by atoms with Gasteiger partial charge in [0.1, 0.15) is 11.6 Å². The zero-order valence-corrected chi connectivity index (χ0v) is 19.8. The molecule has 1 aromatic carbocycles. The number of carboxylic acid groups (broad SMARTS) is 1. The van der Waals surface area contributed by atoms with Gasteiger partial charge in [0.25, 0.3) is 0 Å². The van der Waals surface area contributed by atoms with Gasteiger partial charge >= 0.3 is 5.97 Å². The SMILES string of the molecule is CC1CCCC2(COc3cc(F)c(S(=O)[C@@H]4CCC[C@H]4C(=O)O)cc3Cl)C[C@H](C1)[C@H]2C. The first-order valence-corrected chi connectivity index (χ1v) is 13.1. The first-order valence-electron chi connectivity index (χ1n) is 11.5. The fourth-order valence-corrected chi connectivity index (χ4v) is 8.19. The lowest BCUT2D eigenvalue weighted by Gasteiger charge is -2.56. The second-order valence-corrected chi connectivity index (χ2v) is 12.1. The van der Waals surface area contributed by atoms with Gasteiger partial charge in [-0.3, -0.25) is 9.00 Å². The molecule has 0 aromatic heterocycles. The van der Waals surface area contributed by atoms with Crippen LogP contribution in [-0.4, -0.2) is 27.1 Å². The Labute approximate surface area is 191 Å². The lowest BCUT2D eigenvalue weighted by atomic mass is 9.50. The number of halogens is 2. The van der Waals surface area contributed by atoms with Crippen LogP contribution < -0.4 is 4.74 Å². The molecule has 4 fully saturated rings. The standard InChI is InChI=1S/C24H32ClFO4S/c1-14-5-4-8-24(12-16(9-14)15(24)2)13-30-20-11-19(26)22(10-18(20)25)31(29)21-7-3-6-17(21)23(27)28/h10-11,14-17,21H,3-9,12-13H2,1-2H3,(H,27,28)/t14?,15-,16+,17-,21-,24?,31?/m1/s1. The van der Waals surface area contributed by atoms with Crippen molar-refractivity contribution in [1.29, 1.82) is 0 Å². The Hall–Kier alpha value is -1.14. The summed E-state index contributed by atoms with van der Waals surface area (Å²) in [6.45, 7) is 5.17. The molecule has 1 aromatic rings. The number of hydrogen-bond acceptors (Lipinski definition) is 3. The minimum absolute atomic E-state index is 0.0225. The average Bonchev–Trinajstić information content (AvgIpc) is 3.20. The number of benzene rings is 1. The van der Waals surface area contributed by atoms with E-state index in [0.29, 0.717) is 31.8 Å². The monoisotopic (exact) mass is 470 g/mol. The molecule has 0 saturated heterocycles. The zero-order chi connectivity index (χ0) is 22.3. The third-order valence-electron chi connectivity index (χ3n) is 8.18. The Bertz CT molecular complexity index is 873. The Balaban J connectivity index is 1.47. The number of carboxylic acids is 1. The van der Waals surface area contributed by atoms with Crippen LogP contribution in [0.2, 0.25) is 5.02 Å². The van der Waals surface area contributed by atoms with Crippen LogP contribution in [0.5, 0.6) is 5.75 Å². The minimum atomic E-state index is -1.76. The molecule has 1 N–H and O–H groups in total. The highest BCUT2D eigenvalue weighted by Gasteiger charge is 2.52. The van der Waals surface area contributed by atoms with Gasteiger partial charge in [0.2, 0.25) is 0 Å². The van der Waals surface area contributed by atoms with Gasteiger partial charge in [0.05, 0.1) is 38.5 Å². The zero-order valence-electron chi connectivity index (χ0n) is 18.2. The van der Waals surface area contributed by atoms with Crippen molar-refractivity contribution in [2.45, 2.75) is 75.4 Å². The summed E-state index contributed by atoms with van der Waals surface area (Å²) in [6.07, 6.45) is 7.66. The Morgan fingerprint density at radius 2 is 2.06 bits per heavy atom. The van der Waals surface area contributed by atoms with Crippen LogP contribution in [0.3, 0.4) is 0 Å². The molecule has 3 unspecified atom stereocenters. The summed E-state index contributed by atoms with van der Waals surface area (Å²) in [7, 11) is -1.76. The van der Waals surface area contributed by atoms with Crippen molar-refractivity contribution in [3.63, 3.8) is 0 Å². The van der Waals surface area contributed by atoms with Gasteiger partial charge in [0, 0.05) is 11.5 Å². The van der Waals surface area contributed by atoms with Crippen molar-refractivity contribution in [2.24, 2.45) is 29.1 Å². The summed E-state index contributed by atoms with van der Waals surface area (Å²) < 4.78 is 33.9. The molecule has 0 aliphatic heterocycles. The number of carbonyl (C=O) groups is 1. The van der Waals surface area contributed by atoms with E-state index >= 15 is 0 Å². The van der Waals surface area contributed by atoms with Crippen molar-refractivity contribution in [1.82, 2.24) is 0 Å². The van der Waals surface area contributed by atoms with E-state index in [9.17, 15) is 18.5 Å². The summed E-state index contributed by atoms with van der Waals surface area (Å²) >= 11 is 6.40. The first-order chi connectivity index (χ1) is 14.7. The molecule has 4 aliphatic carbocycles. The molecular weight excluding hydrogens is 439 g/mol. The van der Waals surface area contributed by atoms with Crippen LogP contribution in [0.4, 0.5) is 4.39 Å². The van der Waals surface area contributed by atoms with Gasteiger partial charge in [-0.15, -0.1) is 0 Å². The van der Waals surface area contributed by atoms with Crippen LogP contribution in [0.15, 0.2) is 17.0 Å². The van der Waals surface area contributed by atoms with Crippen LogP contribution >= 0.6 is 11.6 Å². The van der Waals surface area contributed by atoms with E-state index in [4.69, 9.17) is 16.3 Å². The summed E-state index contributed by atoms with van der Waals surface area (Å²) in [5, 5.41) is 9.01. The summed E-state index contributed by atoms with van der Waals surface area (Å²) in [6, 6.07) is 2.59. The highest BCUT2D eigenvalue weighted by molar-refractivity contribution is 7.85. The number of ether oxygens (including phenoxy) is 1. The fourth-order valence-electron chi connectivity index (χ4n) is 6.17. The molecule has 2 bridgehead atoms. The predicted molar refractivity (Wildman–Crippen MR) is 119 cm³/mol. The molecule has 5 rings (SSSR count). The molecule has 7 heteroatoms. The van der Waals surface area contributed by atoms with Gasteiger partial charge in [-0.05, 0) is 55.9 Å². The highest BCUT2D eigenvalue weighted by Crippen LogP contribution is 2.58.